The van der Waals surface area contributed by atoms with E-state index >= 15 is 0 Å². The van der Waals surface area contributed by atoms with Crippen LogP contribution in [0.2, 0.25) is 0 Å². The predicted molar refractivity (Wildman–Crippen MR) is 59.9 cm³/mol. The van der Waals surface area contributed by atoms with Crippen LogP contribution in [-0.2, 0) is 0 Å². The topological polar surface area (TPSA) is 29.1 Å². The van der Waals surface area contributed by atoms with Crippen LogP contribution in [-0.4, -0.2) is 11.9 Å². The Kier molecular flexibility index (Phi) is 3.73. The minimum absolute atomic E-state index is 0.150. The molecule has 0 saturated heterocycles. The Bertz CT molecular complexity index is 364. The molecule has 0 aliphatic heterocycles. The summed E-state index contributed by atoms with van der Waals surface area (Å²) in [5, 5.41) is 2.67. The Morgan fingerprint density at radius 3 is 2.57 bits per heavy atom. The molecule has 0 aliphatic rings. The van der Waals surface area contributed by atoms with Crippen LogP contribution in [0, 0.1) is 12.3 Å². The highest BCUT2D eigenvalue weighted by Gasteiger charge is 2.06. The Labute approximate surface area is 91.8 Å². The zero-order chi connectivity index (χ0) is 10.6. The van der Waals surface area contributed by atoms with E-state index in [4.69, 9.17) is 6.42 Å². The lowest BCUT2D eigenvalue weighted by Gasteiger charge is -2.07. The van der Waals surface area contributed by atoms with E-state index in [9.17, 15) is 4.79 Å². The summed E-state index contributed by atoms with van der Waals surface area (Å²) in [7, 11) is 0. The van der Waals surface area contributed by atoms with Gasteiger partial charge in [-0.2, -0.15) is 0 Å². The fourth-order valence-electron chi connectivity index (χ4n) is 0.923. The molecule has 1 unspecified atom stereocenters. The normalized spacial score (nSPS) is 11.5. The van der Waals surface area contributed by atoms with Gasteiger partial charge in [-0.1, -0.05) is 21.9 Å². The molecule has 0 fully saturated rings. The van der Waals surface area contributed by atoms with Crippen LogP contribution < -0.4 is 5.32 Å². The van der Waals surface area contributed by atoms with E-state index in [1.54, 1.807) is 19.1 Å². The molecule has 0 heterocycles. The van der Waals surface area contributed by atoms with Crippen LogP contribution in [0.4, 0.5) is 0 Å². The maximum atomic E-state index is 11.5. The van der Waals surface area contributed by atoms with Crippen molar-refractivity contribution in [3.63, 3.8) is 0 Å². The van der Waals surface area contributed by atoms with Gasteiger partial charge in [-0.25, -0.2) is 0 Å². The van der Waals surface area contributed by atoms with Crippen molar-refractivity contribution in [2.45, 2.75) is 13.0 Å². The van der Waals surface area contributed by atoms with Crippen molar-refractivity contribution in [1.82, 2.24) is 5.32 Å². The van der Waals surface area contributed by atoms with Gasteiger partial charge in [-0.3, -0.25) is 4.79 Å². The molecule has 3 heteroatoms. The van der Waals surface area contributed by atoms with Gasteiger partial charge in [0.15, 0.2) is 0 Å². The number of carbonyl (C=O) groups is 1. The fraction of sp³-hybridized carbons (Fsp3) is 0.182. The predicted octanol–water partition coefficient (Wildman–Crippen LogP) is 2.20. The van der Waals surface area contributed by atoms with Gasteiger partial charge in [0.05, 0.1) is 6.04 Å². The first-order chi connectivity index (χ1) is 6.63. The van der Waals surface area contributed by atoms with E-state index < -0.39 is 0 Å². The summed E-state index contributed by atoms with van der Waals surface area (Å²) in [5.41, 5.74) is 0.607. The van der Waals surface area contributed by atoms with Crippen molar-refractivity contribution in [1.29, 1.82) is 0 Å². The molecule has 1 amide bonds. The first kappa shape index (κ1) is 10.8. The molecule has 0 aromatic heterocycles. The second-order valence-electron chi connectivity index (χ2n) is 2.87. The van der Waals surface area contributed by atoms with Gasteiger partial charge in [0.25, 0.3) is 5.91 Å². The van der Waals surface area contributed by atoms with Gasteiger partial charge in [0, 0.05) is 10.0 Å². The number of terminal acetylenes is 1. The molecule has 1 aromatic carbocycles. The smallest absolute Gasteiger partial charge is 0.252 e. The molecule has 0 saturated carbocycles. The molecule has 0 spiro atoms. The summed E-state index contributed by atoms with van der Waals surface area (Å²) < 4.78 is 0.944. The van der Waals surface area contributed by atoms with Crippen molar-refractivity contribution in [3.05, 3.63) is 34.3 Å². The highest BCUT2D eigenvalue weighted by Crippen LogP contribution is 2.10. The molecule has 0 aliphatic carbocycles. The average Bonchev–Trinajstić information content (AvgIpc) is 2.18. The third-order valence-electron chi connectivity index (χ3n) is 1.70. The van der Waals surface area contributed by atoms with Crippen LogP contribution >= 0.6 is 15.9 Å². The quantitative estimate of drug-likeness (QED) is 0.803. The molecule has 1 aromatic rings. The zero-order valence-electron chi connectivity index (χ0n) is 7.75. The maximum Gasteiger partial charge on any atom is 0.252 e. The number of benzene rings is 1. The van der Waals surface area contributed by atoms with Crippen molar-refractivity contribution >= 4 is 21.8 Å². The van der Waals surface area contributed by atoms with Crippen LogP contribution in [0.1, 0.15) is 17.3 Å². The van der Waals surface area contributed by atoms with Crippen LogP contribution in [0.25, 0.3) is 0 Å². The van der Waals surface area contributed by atoms with Gasteiger partial charge in [-0.15, -0.1) is 6.42 Å². The highest BCUT2D eigenvalue weighted by atomic mass is 79.9. The van der Waals surface area contributed by atoms with E-state index in [1.807, 2.05) is 12.1 Å². The summed E-state index contributed by atoms with van der Waals surface area (Å²) in [5.74, 6) is 2.29. The Morgan fingerprint density at radius 1 is 1.50 bits per heavy atom. The largest absolute Gasteiger partial charge is 0.339 e. The van der Waals surface area contributed by atoms with Gasteiger partial charge in [-0.05, 0) is 31.2 Å². The van der Waals surface area contributed by atoms with Gasteiger partial charge < -0.3 is 5.32 Å². The summed E-state index contributed by atoms with van der Waals surface area (Å²) >= 11 is 3.30. The summed E-state index contributed by atoms with van der Waals surface area (Å²) in [6.45, 7) is 1.76. The highest BCUT2D eigenvalue weighted by molar-refractivity contribution is 9.10. The van der Waals surface area contributed by atoms with Crippen molar-refractivity contribution in [2.24, 2.45) is 0 Å². The third kappa shape index (κ3) is 2.90. The number of carbonyl (C=O) groups excluding carboxylic acids is 1. The molecular formula is C11H10BrNO. The maximum absolute atomic E-state index is 11.5. The molecule has 1 atom stereocenters. The van der Waals surface area contributed by atoms with E-state index in [2.05, 4.69) is 27.2 Å². The van der Waals surface area contributed by atoms with Gasteiger partial charge in [0.2, 0.25) is 0 Å². The number of hydrogen-bond acceptors (Lipinski definition) is 1. The lowest BCUT2D eigenvalue weighted by atomic mass is 10.2. The van der Waals surface area contributed by atoms with Crippen LogP contribution in [0.5, 0.6) is 0 Å². The van der Waals surface area contributed by atoms with Gasteiger partial charge in [0.1, 0.15) is 0 Å². The van der Waals surface area contributed by atoms with E-state index in [0.717, 1.165) is 4.47 Å². The number of nitrogens with one attached hydrogen (secondary N) is 1. The van der Waals surface area contributed by atoms with E-state index in [-0.39, 0.29) is 11.9 Å². The van der Waals surface area contributed by atoms with Crippen molar-refractivity contribution in [3.8, 4) is 12.3 Å². The van der Waals surface area contributed by atoms with Crippen LogP contribution in [0.15, 0.2) is 28.7 Å². The second-order valence-corrected chi connectivity index (χ2v) is 3.78. The summed E-state index contributed by atoms with van der Waals surface area (Å²) in [4.78, 5) is 11.5. The Hall–Kier alpha value is -1.27. The number of rotatable bonds is 2. The molecule has 2 nitrogen and oxygen atoms in total. The second kappa shape index (κ2) is 4.83. The van der Waals surface area contributed by atoms with E-state index in [1.165, 1.54) is 0 Å². The standard InChI is InChI=1S/C11H10BrNO/c1-3-8(2)13-11(14)9-4-6-10(12)7-5-9/h1,4-8H,2H3,(H,13,14). The first-order valence-electron chi connectivity index (χ1n) is 4.16. The minimum atomic E-state index is -0.244. The van der Waals surface area contributed by atoms with Crippen molar-refractivity contribution in [2.75, 3.05) is 0 Å². The average molecular weight is 252 g/mol. The lowest BCUT2D eigenvalue weighted by molar-refractivity contribution is 0.0948. The van der Waals surface area contributed by atoms with Crippen LogP contribution in [0.3, 0.4) is 0 Å². The molecule has 72 valence electrons. The molecule has 1 rings (SSSR count). The Balaban J connectivity index is 2.71. The number of halogens is 1. The number of amides is 1. The zero-order valence-corrected chi connectivity index (χ0v) is 9.34. The third-order valence-corrected chi connectivity index (χ3v) is 2.23. The lowest BCUT2D eigenvalue weighted by Crippen LogP contribution is -2.31. The van der Waals surface area contributed by atoms with Gasteiger partial charge >= 0.3 is 0 Å². The monoisotopic (exact) mass is 251 g/mol. The molecule has 14 heavy (non-hydrogen) atoms. The fourth-order valence-corrected chi connectivity index (χ4v) is 1.19. The summed E-state index contributed by atoms with van der Waals surface area (Å²) in [6.07, 6.45) is 5.15. The Morgan fingerprint density at radius 2 is 2.07 bits per heavy atom. The van der Waals surface area contributed by atoms with E-state index in [0.29, 0.717) is 5.56 Å². The summed E-state index contributed by atoms with van der Waals surface area (Å²) in [6, 6.07) is 6.86. The first-order valence-corrected chi connectivity index (χ1v) is 4.95. The molecule has 1 N–H and O–H groups in total. The molecule has 0 radical (unpaired) electrons. The number of hydrogen-bond donors (Lipinski definition) is 1. The minimum Gasteiger partial charge on any atom is -0.339 e. The molecule has 0 bridgehead atoms. The SMILES string of the molecule is C#CC(C)NC(=O)c1ccc(Br)cc1. The molecular weight excluding hydrogens is 242 g/mol. The van der Waals surface area contributed by atoms with Crippen molar-refractivity contribution < 1.29 is 4.79 Å².